The van der Waals surface area contributed by atoms with Crippen LogP contribution in [0, 0.1) is 11.8 Å². The molecule has 1 aliphatic heterocycles. The molecular weight excluding hydrogens is 428 g/mol. The number of aliphatic carboxylic acids is 1. The maximum Gasteiger partial charge on any atom is 0.304 e. The average molecular weight is 459 g/mol. The standard InChI is InChI=1S/C27H30N4O3/c1-4-6-21(16-27(32)33)20-9-11-24(12-10-20)34-26(18-30-13-5-14-31(30)19(2)3)22-7-8-23-17-28-29-25(23)15-22/h5,7-12,14-15,17,19,21,26H,13,16,18H2,1-3H3,(H,28,29)(H,32,33)/t21-,26+/m0/s1. The quantitative estimate of drug-likeness (QED) is 0.452. The van der Waals surface area contributed by atoms with Gasteiger partial charge in [0.1, 0.15) is 11.9 Å². The lowest BCUT2D eigenvalue weighted by Gasteiger charge is -2.35. The van der Waals surface area contributed by atoms with E-state index >= 15 is 0 Å². The van der Waals surface area contributed by atoms with Crippen LogP contribution in [0.3, 0.4) is 0 Å². The minimum absolute atomic E-state index is 0.0269. The summed E-state index contributed by atoms with van der Waals surface area (Å²) in [5, 5.41) is 22.0. The smallest absolute Gasteiger partial charge is 0.304 e. The highest BCUT2D eigenvalue weighted by Crippen LogP contribution is 2.29. The molecule has 0 spiro atoms. The molecule has 0 unspecified atom stereocenters. The molecule has 2 aromatic carbocycles. The van der Waals surface area contributed by atoms with Crippen LogP contribution in [-0.4, -0.2) is 50.4 Å². The third kappa shape index (κ3) is 5.41. The van der Waals surface area contributed by atoms with Crippen LogP contribution >= 0.6 is 0 Å². The first kappa shape index (κ1) is 23.4. The van der Waals surface area contributed by atoms with Crippen LogP contribution in [-0.2, 0) is 4.79 Å². The van der Waals surface area contributed by atoms with Crippen molar-refractivity contribution in [2.75, 3.05) is 13.1 Å². The zero-order valence-electron chi connectivity index (χ0n) is 19.7. The van der Waals surface area contributed by atoms with Crippen LogP contribution in [0.1, 0.15) is 50.3 Å². The second-order valence-electron chi connectivity index (χ2n) is 8.67. The van der Waals surface area contributed by atoms with E-state index in [2.05, 4.69) is 76.4 Å². The van der Waals surface area contributed by atoms with Gasteiger partial charge in [-0.05, 0) is 50.1 Å². The van der Waals surface area contributed by atoms with Crippen LogP contribution in [0.25, 0.3) is 10.9 Å². The fraction of sp³-hybridized carbons (Fsp3) is 0.333. The molecule has 0 aliphatic carbocycles. The lowest BCUT2D eigenvalue weighted by molar-refractivity contribution is -0.137. The van der Waals surface area contributed by atoms with Crippen molar-refractivity contribution < 1.29 is 14.6 Å². The Morgan fingerprint density at radius 3 is 2.68 bits per heavy atom. The largest absolute Gasteiger partial charge is 0.484 e. The predicted octanol–water partition coefficient (Wildman–Crippen LogP) is 4.72. The van der Waals surface area contributed by atoms with Crippen molar-refractivity contribution in [1.82, 2.24) is 20.2 Å². The molecule has 176 valence electrons. The van der Waals surface area contributed by atoms with Crippen molar-refractivity contribution in [3.05, 3.63) is 72.1 Å². The first-order valence-electron chi connectivity index (χ1n) is 11.5. The number of nitrogens with zero attached hydrogens (tertiary/aromatic N) is 3. The third-order valence-electron chi connectivity index (χ3n) is 5.90. The second kappa shape index (κ2) is 10.4. The summed E-state index contributed by atoms with van der Waals surface area (Å²) >= 11 is 0. The van der Waals surface area contributed by atoms with E-state index in [-0.39, 0.29) is 18.4 Å². The van der Waals surface area contributed by atoms with E-state index in [1.165, 1.54) is 0 Å². The molecule has 0 bridgehead atoms. The Morgan fingerprint density at radius 2 is 1.97 bits per heavy atom. The van der Waals surface area contributed by atoms with E-state index in [1.807, 2.05) is 30.5 Å². The van der Waals surface area contributed by atoms with E-state index in [0.717, 1.165) is 34.3 Å². The topological polar surface area (TPSA) is 81.7 Å². The second-order valence-corrected chi connectivity index (χ2v) is 8.67. The van der Waals surface area contributed by atoms with Gasteiger partial charge in [0, 0.05) is 24.2 Å². The molecule has 7 nitrogen and oxygen atoms in total. The van der Waals surface area contributed by atoms with Gasteiger partial charge in [-0.2, -0.15) is 5.10 Å². The van der Waals surface area contributed by atoms with Gasteiger partial charge in [-0.15, -0.1) is 5.92 Å². The SMILES string of the molecule is CC#C[C@@H](CC(=O)O)c1ccc(O[C@H](CN2CC=CN2C(C)C)c2ccc3cn[nH]c3c2)cc1. The molecule has 1 aliphatic rings. The number of hydrazine groups is 1. The Kier molecular flexibility index (Phi) is 7.19. The number of carboxylic acid groups (broad SMARTS) is 1. The summed E-state index contributed by atoms with van der Waals surface area (Å²) in [7, 11) is 0. The molecule has 7 heteroatoms. The summed E-state index contributed by atoms with van der Waals surface area (Å²) in [6, 6.07) is 14.2. The number of fused-ring (bicyclic) bond motifs is 1. The Bertz CT molecular complexity index is 1220. The van der Waals surface area contributed by atoms with Gasteiger partial charge in [0.15, 0.2) is 0 Å². The Hall–Kier alpha value is -3.76. The first-order chi connectivity index (χ1) is 16.4. The van der Waals surface area contributed by atoms with Crippen molar-refractivity contribution >= 4 is 16.9 Å². The Labute approximate surface area is 200 Å². The number of hydrogen-bond acceptors (Lipinski definition) is 5. The van der Waals surface area contributed by atoms with E-state index in [4.69, 9.17) is 4.74 Å². The number of ether oxygens (including phenoxy) is 1. The summed E-state index contributed by atoms with van der Waals surface area (Å²) in [6.07, 6.45) is 5.84. The number of H-pyrrole nitrogens is 1. The summed E-state index contributed by atoms with van der Waals surface area (Å²) in [6.45, 7) is 7.56. The first-order valence-corrected chi connectivity index (χ1v) is 11.5. The van der Waals surface area contributed by atoms with Crippen LogP contribution < -0.4 is 4.74 Å². The molecule has 2 atom stereocenters. The lowest BCUT2D eigenvalue weighted by atomic mass is 9.96. The van der Waals surface area contributed by atoms with Gasteiger partial charge in [0.2, 0.25) is 0 Å². The summed E-state index contributed by atoms with van der Waals surface area (Å²) in [5.74, 6) is 5.35. The van der Waals surface area contributed by atoms with Crippen molar-refractivity contribution in [2.24, 2.45) is 0 Å². The van der Waals surface area contributed by atoms with Crippen molar-refractivity contribution in [3.63, 3.8) is 0 Å². The van der Waals surface area contributed by atoms with Gasteiger partial charge in [0.05, 0.1) is 30.6 Å². The Balaban J connectivity index is 1.58. The molecule has 0 amide bonds. The monoisotopic (exact) mass is 458 g/mol. The molecule has 2 heterocycles. The van der Waals surface area contributed by atoms with E-state index in [1.54, 1.807) is 6.92 Å². The van der Waals surface area contributed by atoms with Gasteiger partial charge in [0.25, 0.3) is 0 Å². The number of rotatable bonds is 9. The molecule has 0 fully saturated rings. The molecule has 34 heavy (non-hydrogen) atoms. The minimum Gasteiger partial charge on any atom is -0.484 e. The third-order valence-corrected chi connectivity index (χ3v) is 5.90. The van der Waals surface area contributed by atoms with Crippen LogP contribution in [0.4, 0.5) is 0 Å². The highest BCUT2D eigenvalue weighted by atomic mass is 16.5. The molecule has 0 saturated heterocycles. The maximum atomic E-state index is 11.2. The highest BCUT2D eigenvalue weighted by Gasteiger charge is 2.25. The molecule has 4 rings (SSSR count). The van der Waals surface area contributed by atoms with Gasteiger partial charge in [-0.25, -0.2) is 5.01 Å². The zero-order chi connectivity index (χ0) is 24.1. The number of nitrogens with one attached hydrogen (secondary N) is 1. The fourth-order valence-electron chi connectivity index (χ4n) is 4.23. The Morgan fingerprint density at radius 1 is 1.21 bits per heavy atom. The maximum absolute atomic E-state index is 11.2. The van der Waals surface area contributed by atoms with E-state index < -0.39 is 5.97 Å². The molecule has 1 aromatic heterocycles. The van der Waals surface area contributed by atoms with Crippen molar-refractivity contribution in [1.29, 1.82) is 0 Å². The molecule has 0 saturated carbocycles. The number of hydrogen-bond donors (Lipinski definition) is 2. The van der Waals surface area contributed by atoms with Crippen molar-refractivity contribution in [2.45, 2.75) is 45.3 Å². The zero-order valence-corrected chi connectivity index (χ0v) is 19.7. The fourth-order valence-corrected chi connectivity index (χ4v) is 4.23. The van der Waals surface area contributed by atoms with Gasteiger partial charge >= 0.3 is 5.97 Å². The van der Waals surface area contributed by atoms with Gasteiger partial charge in [-0.1, -0.05) is 36.3 Å². The number of carboxylic acids is 1. The minimum atomic E-state index is -0.865. The molecule has 3 aromatic rings. The lowest BCUT2D eigenvalue weighted by Crippen LogP contribution is -2.42. The number of benzene rings is 2. The van der Waals surface area contributed by atoms with Crippen LogP contribution in [0.2, 0.25) is 0 Å². The average Bonchev–Trinajstić information content (AvgIpc) is 3.47. The van der Waals surface area contributed by atoms with Crippen LogP contribution in [0.15, 0.2) is 60.9 Å². The summed E-state index contributed by atoms with van der Waals surface area (Å²) in [5.41, 5.74) is 2.89. The molecular formula is C27H30N4O3. The highest BCUT2D eigenvalue weighted by molar-refractivity contribution is 5.78. The van der Waals surface area contributed by atoms with E-state index in [9.17, 15) is 9.90 Å². The van der Waals surface area contributed by atoms with Gasteiger partial charge in [-0.3, -0.25) is 9.89 Å². The summed E-state index contributed by atoms with van der Waals surface area (Å²) < 4.78 is 6.51. The van der Waals surface area contributed by atoms with Gasteiger partial charge < -0.3 is 14.9 Å². The summed E-state index contributed by atoms with van der Waals surface area (Å²) in [4.78, 5) is 11.2. The normalized spacial score (nSPS) is 15.4. The van der Waals surface area contributed by atoms with Crippen LogP contribution in [0.5, 0.6) is 5.75 Å². The number of aromatic amines is 1. The number of aromatic nitrogens is 2. The predicted molar refractivity (Wildman–Crippen MR) is 132 cm³/mol. The molecule has 2 N–H and O–H groups in total. The van der Waals surface area contributed by atoms with Crippen molar-refractivity contribution in [3.8, 4) is 17.6 Å². The van der Waals surface area contributed by atoms with E-state index in [0.29, 0.717) is 12.6 Å². The number of carbonyl (C=O) groups is 1. The molecule has 0 radical (unpaired) electrons.